The van der Waals surface area contributed by atoms with Crippen LogP contribution in [0.25, 0.3) is 11.1 Å². The first-order chi connectivity index (χ1) is 12.2. The lowest BCUT2D eigenvalue weighted by Gasteiger charge is -2.02. The molecule has 4 aromatic rings. The molecule has 0 aliphatic heterocycles. The lowest BCUT2D eigenvalue weighted by molar-refractivity contribution is 0.541. The number of halogens is 2. The van der Waals surface area contributed by atoms with Crippen molar-refractivity contribution in [2.75, 3.05) is 0 Å². The normalized spacial score (nSPS) is 11.3. The van der Waals surface area contributed by atoms with Crippen molar-refractivity contribution in [2.45, 2.75) is 19.3 Å². The van der Waals surface area contributed by atoms with E-state index in [-0.39, 0.29) is 0 Å². The van der Waals surface area contributed by atoms with Crippen LogP contribution in [0.4, 0.5) is 0 Å². The van der Waals surface area contributed by atoms with Crippen molar-refractivity contribution in [1.82, 2.24) is 9.97 Å². The van der Waals surface area contributed by atoms with Crippen molar-refractivity contribution in [3.05, 3.63) is 80.0 Å². The zero-order chi connectivity index (χ0) is 17.2. The summed E-state index contributed by atoms with van der Waals surface area (Å²) in [6.45, 7) is 0. The first-order valence-electron chi connectivity index (χ1n) is 7.88. The fraction of sp³-hybridized carbons (Fsp3) is 0.158. The summed E-state index contributed by atoms with van der Waals surface area (Å²) in [6.07, 6.45) is 4.04. The Morgan fingerprint density at radius 1 is 1.04 bits per heavy atom. The van der Waals surface area contributed by atoms with Gasteiger partial charge < -0.3 is 4.42 Å². The molecule has 2 heterocycles. The van der Waals surface area contributed by atoms with Crippen LogP contribution in [0.2, 0.25) is 10.0 Å². The fourth-order valence-corrected chi connectivity index (χ4v) is 3.85. The third-order valence-corrected chi connectivity index (χ3v) is 5.39. The minimum atomic E-state index is 0.553. The van der Waals surface area contributed by atoms with Gasteiger partial charge in [0.05, 0.1) is 11.4 Å². The minimum Gasteiger partial charge on any atom is -0.440 e. The second-order valence-electron chi connectivity index (χ2n) is 5.71. The third-order valence-electron chi connectivity index (χ3n) is 3.97. The van der Waals surface area contributed by atoms with E-state index in [9.17, 15) is 0 Å². The van der Waals surface area contributed by atoms with Gasteiger partial charge >= 0.3 is 0 Å². The molecule has 0 aliphatic carbocycles. The Balaban J connectivity index is 1.65. The van der Waals surface area contributed by atoms with Crippen molar-refractivity contribution in [3.63, 3.8) is 0 Å². The van der Waals surface area contributed by atoms with Crippen molar-refractivity contribution >= 4 is 45.6 Å². The van der Waals surface area contributed by atoms with Gasteiger partial charge in [-0.1, -0.05) is 41.4 Å². The van der Waals surface area contributed by atoms with Crippen molar-refractivity contribution in [1.29, 1.82) is 0 Å². The van der Waals surface area contributed by atoms with Gasteiger partial charge in [-0.2, -0.15) is 0 Å². The number of rotatable bonds is 5. The number of hydrogen-bond acceptors (Lipinski definition) is 4. The number of aromatic nitrogens is 2. The van der Waals surface area contributed by atoms with Crippen LogP contribution in [-0.2, 0) is 19.3 Å². The molecule has 0 atom stereocenters. The Morgan fingerprint density at radius 2 is 1.92 bits per heavy atom. The van der Waals surface area contributed by atoms with Gasteiger partial charge in [-0.05, 0) is 35.7 Å². The Kier molecular flexibility index (Phi) is 4.75. The van der Waals surface area contributed by atoms with Gasteiger partial charge in [0.15, 0.2) is 11.5 Å². The molecule has 0 radical (unpaired) electrons. The van der Waals surface area contributed by atoms with E-state index >= 15 is 0 Å². The highest BCUT2D eigenvalue weighted by molar-refractivity contribution is 7.09. The molecule has 0 amide bonds. The predicted molar refractivity (Wildman–Crippen MR) is 103 cm³/mol. The summed E-state index contributed by atoms with van der Waals surface area (Å²) < 4.78 is 6.04. The quantitative estimate of drug-likeness (QED) is 0.422. The van der Waals surface area contributed by atoms with Gasteiger partial charge in [0.1, 0.15) is 5.52 Å². The highest BCUT2D eigenvalue weighted by Gasteiger charge is 2.13. The minimum absolute atomic E-state index is 0.553. The molecule has 0 saturated heterocycles. The van der Waals surface area contributed by atoms with Gasteiger partial charge in [0.25, 0.3) is 0 Å². The van der Waals surface area contributed by atoms with Crippen LogP contribution in [0.15, 0.2) is 52.4 Å². The number of hydrogen-bond donors (Lipinski definition) is 0. The maximum Gasteiger partial charge on any atom is 0.199 e. The Labute approximate surface area is 159 Å². The van der Waals surface area contributed by atoms with Gasteiger partial charge in [-0.15, -0.1) is 11.3 Å². The average molecular weight is 389 g/mol. The van der Waals surface area contributed by atoms with E-state index in [0.717, 1.165) is 40.1 Å². The van der Waals surface area contributed by atoms with Crippen LogP contribution in [0.5, 0.6) is 0 Å². The lowest BCUT2D eigenvalue weighted by Crippen LogP contribution is -1.91. The monoisotopic (exact) mass is 388 g/mol. The number of aryl methyl sites for hydroxylation is 2. The maximum absolute atomic E-state index is 6.26. The van der Waals surface area contributed by atoms with E-state index < -0.39 is 0 Å². The van der Waals surface area contributed by atoms with Crippen molar-refractivity contribution in [2.24, 2.45) is 0 Å². The van der Waals surface area contributed by atoms with E-state index in [4.69, 9.17) is 27.6 Å². The Morgan fingerprint density at radius 3 is 2.72 bits per heavy atom. The van der Waals surface area contributed by atoms with Crippen molar-refractivity contribution in [3.8, 4) is 0 Å². The van der Waals surface area contributed by atoms with E-state index in [1.165, 1.54) is 0 Å². The van der Waals surface area contributed by atoms with Crippen LogP contribution in [-0.4, -0.2) is 9.97 Å². The zero-order valence-electron chi connectivity index (χ0n) is 13.2. The maximum atomic E-state index is 6.26. The van der Waals surface area contributed by atoms with Crippen LogP contribution >= 0.6 is 34.5 Å². The van der Waals surface area contributed by atoms with E-state index in [1.807, 2.05) is 48.0 Å². The molecule has 0 fully saturated rings. The van der Waals surface area contributed by atoms with E-state index in [2.05, 4.69) is 9.97 Å². The molecule has 0 spiro atoms. The van der Waals surface area contributed by atoms with Crippen LogP contribution in [0.1, 0.15) is 22.0 Å². The molecule has 4 rings (SSSR count). The molecule has 126 valence electrons. The molecule has 6 heteroatoms. The molecule has 0 bridgehead atoms. The highest BCUT2D eigenvalue weighted by Crippen LogP contribution is 2.28. The second-order valence-corrected chi connectivity index (χ2v) is 7.54. The summed E-state index contributed by atoms with van der Waals surface area (Å²) in [5.74, 6) is 0.640. The fourth-order valence-electron chi connectivity index (χ4n) is 2.79. The molecule has 25 heavy (non-hydrogen) atoms. The van der Waals surface area contributed by atoms with Gasteiger partial charge in [-0.25, -0.2) is 9.97 Å². The largest absolute Gasteiger partial charge is 0.440 e. The molecule has 0 saturated carbocycles. The highest BCUT2D eigenvalue weighted by atomic mass is 35.5. The summed E-state index contributed by atoms with van der Waals surface area (Å²) in [5.41, 5.74) is 3.62. The smallest absolute Gasteiger partial charge is 0.199 e. The molecule has 0 unspecified atom stereocenters. The number of fused-ring (bicyclic) bond motifs is 1. The number of oxazole rings is 1. The first-order valence-corrected chi connectivity index (χ1v) is 9.52. The Bertz CT molecular complexity index is 1010. The van der Waals surface area contributed by atoms with Crippen LogP contribution < -0.4 is 0 Å². The lowest BCUT2D eigenvalue weighted by atomic mass is 10.1. The molecule has 3 nitrogen and oxygen atoms in total. The molecule has 2 aromatic carbocycles. The van der Waals surface area contributed by atoms with E-state index in [0.29, 0.717) is 22.4 Å². The van der Waals surface area contributed by atoms with Crippen LogP contribution in [0, 0.1) is 0 Å². The summed E-state index contributed by atoms with van der Waals surface area (Å²) in [4.78, 5) is 8.92. The number of nitrogens with zero attached hydrogens (tertiary/aromatic N) is 2. The van der Waals surface area contributed by atoms with Gasteiger partial charge in [0, 0.05) is 28.0 Å². The topological polar surface area (TPSA) is 38.9 Å². The van der Waals surface area contributed by atoms with E-state index in [1.54, 1.807) is 11.3 Å². The van der Waals surface area contributed by atoms with Gasteiger partial charge in [-0.3, -0.25) is 0 Å². The summed E-state index contributed by atoms with van der Waals surface area (Å²) in [7, 11) is 0. The van der Waals surface area contributed by atoms with Crippen LogP contribution in [0.3, 0.4) is 0 Å². The second kappa shape index (κ2) is 7.16. The predicted octanol–water partition coefficient (Wildman–Crippen LogP) is 5.97. The third kappa shape index (κ3) is 3.71. The molecule has 2 aromatic heterocycles. The standard InChI is InChI=1S/C19H14Cl2N2OS/c20-14-9-13(5-6-18-22-7-8-25-18)19-16(11-14)23-17(24-19)10-12-3-1-2-4-15(12)21/h1-4,7-9,11H,5-6,10H2. The first kappa shape index (κ1) is 16.6. The summed E-state index contributed by atoms with van der Waals surface area (Å²) in [6, 6.07) is 11.5. The van der Waals surface area contributed by atoms with Crippen molar-refractivity contribution < 1.29 is 4.42 Å². The number of thiazole rings is 1. The van der Waals surface area contributed by atoms with Gasteiger partial charge in [0.2, 0.25) is 0 Å². The Hall–Kier alpha value is -1.88. The molecule has 0 N–H and O–H groups in total. The summed E-state index contributed by atoms with van der Waals surface area (Å²) in [5, 5.41) is 4.47. The molecular formula is C19H14Cl2N2OS. The SMILES string of the molecule is Clc1cc(CCc2nccs2)c2oc(Cc3ccccc3Cl)nc2c1. The summed E-state index contributed by atoms with van der Waals surface area (Å²) >= 11 is 14.2. The molecular weight excluding hydrogens is 375 g/mol. The number of benzene rings is 2. The zero-order valence-corrected chi connectivity index (χ0v) is 15.5. The average Bonchev–Trinajstić information content (AvgIpc) is 3.24. The molecule has 0 aliphatic rings.